The summed E-state index contributed by atoms with van der Waals surface area (Å²) in [5.74, 6) is 0.817. The molecule has 0 unspecified atom stereocenters. The van der Waals surface area contributed by atoms with Crippen molar-refractivity contribution >= 4 is 6.08 Å². The zero-order chi connectivity index (χ0) is 21.5. The topological polar surface area (TPSA) is 60.2 Å². The highest BCUT2D eigenvalue weighted by Crippen LogP contribution is 2.19. The predicted molar refractivity (Wildman–Crippen MR) is 123 cm³/mol. The number of likely N-dealkylation sites (tertiary alicyclic amines) is 1. The predicted octanol–water partition coefficient (Wildman–Crippen LogP) is 3.16. The minimum atomic E-state index is -0.335. The largest absolute Gasteiger partial charge is 0.502 e. The summed E-state index contributed by atoms with van der Waals surface area (Å²) in [4.78, 5) is 19.3. The molecule has 1 aromatic carbocycles. The number of nitrogens with zero attached hydrogens (tertiary/aromatic N) is 3. The molecular formula is C25H33N3O3. The average molecular weight is 424 g/mol. The summed E-state index contributed by atoms with van der Waals surface area (Å²) < 4.78 is 5.98. The molecule has 0 atom stereocenters. The molecule has 0 bridgehead atoms. The Morgan fingerprint density at radius 3 is 2.29 bits per heavy atom. The van der Waals surface area contributed by atoms with Crippen molar-refractivity contribution in [3.05, 3.63) is 69.8 Å². The van der Waals surface area contributed by atoms with Crippen LogP contribution in [0.1, 0.15) is 36.3 Å². The van der Waals surface area contributed by atoms with Crippen LogP contribution >= 0.6 is 0 Å². The van der Waals surface area contributed by atoms with Crippen LogP contribution < -0.4 is 5.43 Å². The minimum absolute atomic E-state index is 0.240. The first-order valence-corrected chi connectivity index (χ1v) is 11.4. The van der Waals surface area contributed by atoms with E-state index in [4.69, 9.17) is 4.42 Å². The lowest BCUT2D eigenvalue weighted by atomic mass is 10.1. The Morgan fingerprint density at radius 2 is 1.55 bits per heavy atom. The molecule has 0 spiro atoms. The van der Waals surface area contributed by atoms with E-state index in [9.17, 15) is 9.90 Å². The highest BCUT2D eigenvalue weighted by atomic mass is 16.4. The van der Waals surface area contributed by atoms with E-state index in [1.54, 1.807) is 0 Å². The smallest absolute Gasteiger partial charge is 0.227 e. The van der Waals surface area contributed by atoms with E-state index in [0.717, 1.165) is 45.8 Å². The summed E-state index contributed by atoms with van der Waals surface area (Å²) in [6.07, 6.45) is 8.03. The van der Waals surface area contributed by atoms with Gasteiger partial charge in [0.2, 0.25) is 11.2 Å². The zero-order valence-corrected chi connectivity index (χ0v) is 18.2. The van der Waals surface area contributed by atoms with Crippen LogP contribution in [0, 0.1) is 0 Å². The Hall–Kier alpha value is -2.41. The fourth-order valence-corrected chi connectivity index (χ4v) is 4.35. The summed E-state index contributed by atoms with van der Waals surface area (Å²) in [7, 11) is 0. The van der Waals surface area contributed by atoms with Crippen molar-refractivity contribution in [2.45, 2.75) is 32.4 Å². The van der Waals surface area contributed by atoms with Gasteiger partial charge in [-0.15, -0.1) is 0 Å². The average Bonchev–Trinajstić information content (AvgIpc) is 2.80. The number of hydrogen-bond donors (Lipinski definition) is 1. The normalized spacial score (nSPS) is 19.2. The number of rotatable bonds is 7. The van der Waals surface area contributed by atoms with Crippen molar-refractivity contribution in [1.82, 2.24) is 14.7 Å². The molecule has 31 heavy (non-hydrogen) atoms. The second-order valence-corrected chi connectivity index (χ2v) is 8.58. The highest BCUT2D eigenvalue weighted by molar-refractivity contribution is 5.48. The van der Waals surface area contributed by atoms with E-state index in [1.807, 2.05) is 18.2 Å². The summed E-state index contributed by atoms with van der Waals surface area (Å²) in [5.41, 5.74) is 0.883. The van der Waals surface area contributed by atoms with Gasteiger partial charge in [-0.05, 0) is 31.5 Å². The van der Waals surface area contributed by atoms with Crippen LogP contribution in [0.4, 0.5) is 0 Å². The Labute approximate surface area is 184 Å². The summed E-state index contributed by atoms with van der Waals surface area (Å²) in [5, 5.41) is 10.3. The monoisotopic (exact) mass is 423 g/mol. The first-order chi connectivity index (χ1) is 15.2. The van der Waals surface area contributed by atoms with Gasteiger partial charge in [-0.3, -0.25) is 19.5 Å². The van der Waals surface area contributed by atoms with Crippen LogP contribution in [0.25, 0.3) is 6.08 Å². The fourth-order valence-electron chi connectivity index (χ4n) is 4.35. The van der Waals surface area contributed by atoms with Crippen LogP contribution in [0.5, 0.6) is 5.75 Å². The molecule has 4 rings (SSSR count). The van der Waals surface area contributed by atoms with E-state index in [-0.39, 0.29) is 11.2 Å². The van der Waals surface area contributed by atoms with E-state index >= 15 is 0 Å². The number of aromatic hydroxyl groups is 1. The van der Waals surface area contributed by atoms with Crippen molar-refractivity contribution in [1.29, 1.82) is 0 Å². The maximum atomic E-state index is 12.3. The Kier molecular flexibility index (Phi) is 7.57. The Balaban J connectivity index is 1.29. The quantitative estimate of drug-likeness (QED) is 0.738. The van der Waals surface area contributed by atoms with Gasteiger partial charge >= 0.3 is 0 Å². The first kappa shape index (κ1) is 21.8. The molecule has 2 aliphatic heterocycles. The van der Waals surface area contributed by atoms with Crippen LogP contribution in [-0.2, 0) is 13.1 Å². The van der Waals surface area contributed by atoms with Crippen molar-refractivity contribution in [3.8, 4) is 5.75 Å². The van der Waals surface area contributed by atoms with Gasteiger partial charge in [0.05, 0.1) is 13.1 Å². The lowest BCUT2D eigenvalue weighted by molar-refractivity contribution is 0.125. The number of piperazine rings is 1. The van der Waals surface area contributed by atoms with E-state index in [2.05, 4.69) is 39.0 Å². The highest BCUT2D eigenvalue weighted by Gasteiger charge is 2.21. The third kappa shape index (κ3) is 6.29. The van der Waals surface area contributed by atoms with Gasteiger partial charge < -0.3 is 9.52 Å². The summed E-state index contributed by atoms with van der Waals surface area (Å²) in [6, 6.07) is 11.8. The van der Waals surface area contributed by atoms with Crippen molar-refractivity contribution < 1.29 is 9.52 Å². The fraction of sp³-hybridized carbons (Fsp3) is 0.480. The molecule has 3 heterocycles. The number of hydrogen-bond acceptors (Lipinski definition) is 6. The second-order valence-electron chi connectivity index (χ2n) is 8.58. The molecule has 166 valence electrons. The Morgan fingerprint density at radius 1 is 0.871 bits per heavy atom. The van der Waals surface area contributed by atoms with Gasteiger partial charge in [0.25, 0.3) is 0 Å². The van der Waals surface area contributed by atoms with Gasteiger partial charge in [-0.2, -0.15) is 0 Å². The second kappa shape index (κ2) is 10.8. The van der Waals surface area contributed by atoms with Crippen molar-refractivity contribution in [2.24, 2.45) is 0 Å². The van der Waals surface area contributed by atoms with Gasteiger partial charge in [0.15, 0.2) is 5.76 Å². The standard InChI is InChI=1S/C25H33N3O3/c29-23-18-22(19-27-11-5-2-6-12-27)31-24(25(23)30)20-28-16-14-26(15-17-28)13-7-10-21-8-3-1-4-9-21/h1,3-4,7-10,18,30H,2,5-6,11-17,19-20H2/b10-7+. The molecule has 1 aromatic heterocycles. The number of benzene rings is 1. The molecule has 6 nitrogen and oxygen atoms in total. The van der Waals surface area contributed by atoms with Crippen LogP contribution in [-0.4, -0.2) is 65.6 Å². The molecule has 2 aliphatic rings. The molecule has 1 N–H and O–H groups in total. The van der Waals surface area contributed by atoms with Gasteiger partial charge in [-0.25, -0.2) is 0 Å². The molecule has 0 aliphatic carbocycles. The molecular weight excluding hydrogens is 390 g/mol. The first-order valence-electron chi connectivity index (χ1n) is 11.4. The molecule has 0 saturated carbocycles. The third-order valence-corrected chi connectivity index (χ3v) is 6.18. The van der Waals surface area contributed by atoms with Gasteiger partial charge in [0, 0.05) is 38.8 Å². The molecule has 0 radical (unpaired) electrons. The molecule has 2 saturated heterocycles. The number of piperidine rings is 1. The summed E-state index contributed by atoms with van der Waals surface area (Å²) in [6.45, 7) is 7.81. The van der Waals surface area contributed by atoms with E-state index < -0.39 is 0 Å². The van der Waals surface area contributed by atoms with E-state index in [0.29, 0.717) is 24.6 Å². The lowest BCUT2D eigenvalue weighted by Crippen LogP contribution is -2.45. The van der Waals surface area contributed by atoms with Crippen LogP contribution in [0.2, 0.25) is 0 Å². The maximum Gasteiger partial charge on any atom is 0.227 e. The molecule has 6 heteroatoms. The third-order valence-electron chi connectivity index (χ3n) is 6.18. The summed E-state index contributed by atoms with van der Waals surface area (Å²) >= 11 is 0. The SMILES string of the molecule is O=c1cc(CN2CCCCC2)oc(CN2CCN(C/C=C/c3ccccc3)CC2)c1O. The molecule has 2 fully saturated rings. The van der Waals surface area contributed by atoms with Crippen molar-refractivity contribution in [2.75, 3.05) is 45.8 Å². The Bertz CT molecular complexity index is 911. The van der Waals surface area contributed by atoms with Gasteiger partial charge in [-0.1, -0.05) is 48.9 Å². The maximum absolute atomic E-state index is 12.3. The van der Waals surface area contributed by atoms with Crippen LogP contribution in [0.3, 0.4) is 0 Å². The van der Waals surface area contributed by atoms with Crippen LogP contribution in [0.15, 0.2) is 51.7 Å². The van der Waals surface area contributed by atoms with E-state index in [1.165, 1.54) is 30.9 Å². The lowest BCUT2D eigenvalue weighted by Gasteiger charge is -2.33. The van der Waals surface area contributed by atoms with Gasteiger partial charge in [0.1, 0.15) is 5.76 Å². The van der Waals surface area contributed by atoms with Crippen molar-refractivity contribution in [3.63, 3.8) is 0 Å². The molecule has 2 aromatic rings. The molecule has 0 amide bonds. The zero-order valence-electron chi connectivity index (χ0n) is 18.2. The minimum Gasteiger partial charge on any atom is -0.502 e.